The number of carbonyl (C=O) groups excluding carboxylic acids is 3. The number of carboxylic acid groups (broad SMARTS) is 1. The van der Waals surface area contributed by atoms with Gasteiger partial charge in [0.2, 0.25) is 11.8 Å². The van der Waals surface area contributed by atoms with E-state index < -0.39 is 51.6 Å². The minimum Gasteiger partial charge on any atom is -0.479 e. The van der Waals surface area contributed by atoms with E-state index in [0.29, 0.717) is 38.9 Å². The summed E-state index contributed by atoms with van der Waals surface area (Å²) in [4.78, 5) is 52.2. The molecular formula is C27H46N6O7S. The number of nitrogens with one attached hydrogen (secondary N) is 3. The molecule has 0 spiro atoms. The number of hydrogen-bond donors (Lipinski definition) is 4. The van der Waals surface area contributed by atoms with Crippen LogP contribution in [0.2, 0.25) is 0 Å². The SMILES string of the molecule is CCCCC/C=C\C1C[C@]1(NC(=O)[C@@H]1CCCN1C(=O)CNC(=O)NC(CN1CCN(C)S1(=O)=O)C(C)C)C(=O)O. The summed E-state index contributed by atoms with van der Waals surface area (Å²) in [6.45, 7) is 6.66. The van der Waals surface area contributed by atoms with Gasteiger partial charge in [-0.25, -0.2) is 9.59 Å². The third-order valence-corrected chi connectivity index (χ3v) is 10.2. The van der Waals surface area contributed by atoms with Gasteiger partial charge in [-0.05, 0) is 38.0 Å². The standard InChI is InChI=1S/C27H46N6O7S/c1-5-6-7-8-9-11-20-16-27(20,25(36)37)30-24(35)22-12-10-13-33(22)23(34)17-28-26(38)29-21(19(2)3)18-32-15-14-31(4)41(32,39)40/h9,11,19-22H,5-8,10,12-18H2,1-4H3,(H,30,35)(H,36,37)(H2,28,29,38)/b11-9-/t20?,21?,22-,27+/m0/s1. The van der Waals surface area contributed by atoms with E-state index in [4.69, 9.17) is 0 Å². The number of likely N-dealkylation sites (tertiary alicyclic amines) is 1. The Morgan fingerprint density at radius 3 is 2.46 bits per heavy atom. The molecule has 3 rings (SSSR count). The lowest BCUT2D eigenvalue weighted by molar-refractivity contribution is -0.145. The number of nitrogens with zero attached hydrogens (tertiary/aromatic N) is 3. The maximum Gasteiger partial charge on any atom is 0.330 e. The van der Waals surface area contributed by atoms with Crippen LogP contribution in [0.3, 0.4) is 0 Å². The van der Waals surface area contributed by atoms with Crippen molar-refractivity contribution >= 4 is 34.0 Å². The molecule has 0 radical (unpaired) electrons. The zero-order valence-corrected chi connectivity index (χ0v) is 25.4. The molecule has 2 saturated heterocycles. The van der Waals surface area contributed by atoms with Crippen LogP contribution in [-0.4, -0.2) is 108 Å². The molecule has 0 aromatic rings. The fourth-order valence-electron chi connectivity index (χ4n) is 5.36. The van der Waals surface area contributed by atoms with Crippen molar-refractivity contribution in [2.75, 3.05) is 39.8 Å². The van der Waals surface area contributed by atoms with Crippen molar-refractivity contribution < 1.29 is 32.7 Å². The molecule has 41 heavy (non-hydrogen) atoms. The molecule has 3 aliphatic rings. The highest BCUT2D eigenvalue weighted by molar-refractivity contribution is 7.87. The Balaban J connectivity index is 1.51. The Hall–Kier alpha value is -2.71. The predicted molar refractivity (Wildman–Crippen MR) is 153 cm³/mol. The summed E-state index contributed by atoms with van der Waals surface area (Å²) < 4.78 is 27.4. The fraction of sp³-hybridized carbons (Fsp3) is 0.778. The van der Waals surface area contributed by atoms with Crippen molar-refractivity contribution in [1.29, 1.82) is 0 Å². The Morgan fingerprint density at radius 2 is 1.85 bits per heavy atom. The van der Waals surface area contributed by atoms with Crippen molar-refractivity contribution in [2.45, 2.75) is 83.3 Å². The van der Waals surface area contributed by atoms with Crippen LogP contribution in [0.15, 0.2) is 12.2 Å². The molecule has 2 heterocycles. The molecule has 13 nitrogen and oxygen atoms in total. The molecule has 4 atom stereocenters. The Morgan fingerprint density at radius 1 is 1.12 bits per heavy atom. The van der Waals surface area contributed by atoms with E-state index in [2.05, 4.69) is 22.9 Å². The lowest BCUT2D eigenvalue weighted by Gasteiger charge is -2.28. The van der Waals surface area contributed by atoms with Gasteiger partial charge in [0.25, 0.3) is 10.2 Å². The van der Waals surface area contributed by atoms with E-state index in [1.165, 1.54) is 20.6 Å². The summed E-state index contributed by atoms with van der Waals surface area (Å²) in [5.41, 5.74) is -1.35. The molecule has 1 aliphatic carbocycles. The number of hydrogen-bond acceptors (Lipinski definition) is 6. The van der Waals surface area contributed by atoms with E-state index in [1.807, 2.05) is 26.0 Å². The molecule has 4 amide bonds. The van der Waals surface area contributed by atoms with E-state index >= 15 is 0 Å². The minimum absolute atomic E-state index is 0.0665. The lowest BCUT2D eigenvalue weighted by Crippen LogP contribution is -2.55. The van der Waals surface area contributed by atoms with E-state index in [9.17, 15) is 32.7 Å². The maximum absolute atomic E-state index is 13.1. The number of unbranched alkanes of at least 4 members (excludes halogenated alkanes) is 3. The monoisotopic (exact) mass is 598 g/mol. The number of amides is 4. The van der Waals surface area contributed by atoms with Crippen molar-refractivity contribution in [3.63, 3.8) is 0 Å². The van der Waals surface area contributed by atoms with Gasteiger partial charge >= 0.3 is 12.0 Å². The number of aliphatic carboxylic acids is 1. The normalized spacial score (nSPS) is 26.8. The quantitative estimate of drug-likeness (QED) is 0.170. The molecule has 2 aliphatic heterocycles. The molecule has 4 N–H and O–H groups in total. The van der Waals surface area contributed by atoms with Crippen LogP contribution in [0.25, 0.3) is 0 Å². The van der Waals surface area contributed by atoms with Crippen LogP contribution in [0.4, 0.5) is 4.79 Å². The van der Waals surface area contributed by atoms with Crippen LogP contribution < -0.4 is 16.0 Å². The number of likely N-dealkylation sites (N-methyl/N-ethyl adjacent to an activating group) is 1. The van der Waals surface area contributed by atoms with Crippen molar-refractivity contribution in [3.8, 4) is 0 Å². The Labute approximate surface area is 243 Å². The largest absolute Gasteiger partial charge is 0.479 e. The summed E-state index contributed by atoms with van der Waals surface area (Å²) in [6.07, 6.45) is 9.27. The van der Waals surface area contributed by atoms with Crippen LogP contribution in [0.5, 0.6) is 0 Å². The maximum atomic E-state index is 13.1. The van der Waals surface area contributed by atoms with Crippen LogP contribution in [0.1, 0.15) is 65.7 Å². The van der Waals surface area contributed by atoms with E-state index in [-0.39, 0.29) is 24.9 Å². The highest BCUT2D eigenvalue weighted by Crippen LogP contribution is 2.45. The van der Waals surface area contributed by atoms with Gasteiger partial charge in [0.1, 0.15) is 11.6 Å². The molecule has 2 unspecified atom stereocenters. The van der Waals surface area contributed by atoms with Crippen molar-refractivity contribution in [1.82, 2.24) is 29.5 Å². The smallest absolute Gasteiger partial charge is 0.330 e. The number of allylic oxidation sites excluding steroid dienone is 1. The summed E-state index contributed by atoms with van der Waals surface area (Å²) in [5, 5.41) is 17.8. The molecule has 0 bridgehead atoms. The molecule has 232 valence electrons. The second-order valence-corrected chi connectivity index (χ2v) is 13.6. The number of rotatable bonds is 14. The second kappa shape index (κ2) is 14.0. The number of carboxylic acids is 1. The first kappa shape index (κ1) is 32.8. The average molecular weight is 599 g/mol. The summed E-state index contributed by atoms with van der Waals surface area (Å²) in [6, 6.07) is -1.89. The molecular weight excluding hydrogens is 552 g/mol. The summed E-state index contributed by atoms with van der Waals surface area (Å²) in [7, 11) is -2.04. The molecule has 3 fully saturated rings. The summed E-state index contributed by atoms with van der Waals surface area (Å²) >= 11 is 0. The van der Waals surface area contributed by atoms with E-state index in [1.54, 1.807) is 0 Å². The number of urea groups is 1. The van der Waals surface area contributed by atoms with Crippen LogP contribution >= 0.6 is 0 Å². The first-order valence-electron chi connectivity index (χ1n) is 14.6. The molecule has 1 saturated carbocycles. The van der Waals surface area contributed by atoms with Gasteiger partial charge < -0.3 is 26.0 Å². The van der Waals surface area contributed by atoms with Gasteiger partial charge in [-0.1, -0.05) is 45.8 Å². The molecule has 0 aromatic heterocycles. The highest BCUT2D eigenvalue weighted by Gasteiger charge is 2.61. The van der Waals surface area contributed by atoms with Gasteiger partial charge in [0.15, 0.2) is 0 Å². The first-order chi connectivity index (χ1) is 19.3. The van der Waals surface area contributed by atoms with Crippen LogP contribution in [-0.2, 0) is 24.6 Å². The first-order valence-corrected chi connectivity index (χ1v) is 16.0. The van der Waals surface area contributed by atoms with Gasteiger partial charge in [-0.3, -0.25) is 9.59 Å². The van der Waals surface area contributed by atoms with Gasteiger partial charge in [0, 0.05) is 45.2 Å². The predicted octanol–water partition coefficient (Wildman–Crippen LogP) is 0.889. The van der Waals surface area contributed by atoms with Crippen molar-refractivity contribution in [3.05, 3.63) is 12.2 Å². The Bertz CT molecular complexity index is 1110. The fourth-order valence-corrected chi connectivity index (χ4v) is 6.73. The number of carbonyl (C=O) groups is 4. The topological polar surface area (TPSA) is 168 Å². The van der Waals surface area contributed by atoms with Gasteiger partial charge in [-0.15, -0.1) is 0 Å². The minimum atomic E-state index is -3.55. The zero-order valence-electron chi connectivity index (χ0n) is 24.6. The third kappa shape index (κ3) is 7.98. The highest BCUT2D eigenvalue weighted by atomic mass is 32.2. The third-order valence-electron chi connectivity index (χ3n) is 8.27. The van der Waals surface area contributed by atoms with E-state index in [0.717, 1.165) is 25.7 Å². The average Bonchev–Trinajstić information content (AvgIpc) is 3.25. The summed E-state index contributed by atoms with van der Waals surface area (Å²) in [5.74, 6) is -2.39. The molecule has 14 heteroatoms. The second-order valence-electron chi connectivity index (χ2n) is 11.6. The zero-order chi connectivity index (χ0) is 30.4. The van der Waals surface area contributed by atoms with Gasteiger partial charge in [0.05, 0.1) is 6.54 Å². The lowest BCUT2D eigenvalue weighted by atomic mass is 10.0. The molecule has 0 aromatic carbocycles. The van der Waals surface area contributed by atoms with Gasteiger partial charge in [-0.2, -0.15) is 17.0 Å². The van der Waals surface area contributed by atoms with Crippen molar-refractivity contribution in [2.24, 2.45) is 11.8 Å². The van der Waals surface area contributed by atoms with Crippen LogP contribution in [0, 0.1) is 11.8 Å². The Kier molecular flexibility index (Phi) is 11.2.